The van der Waals surface area contributed by atoms with Gasteiger partial charge in [0.2, 0.25) is 5.91 Å². The van der Waals surface area contributed by atoms with Gasteiger partial charge in [0.25, 0.3) is 0 Å². The molecule has 1 aromatic heterocycles. The zero-order valence-corrected chi connectivity index (χ0v) is 15.3. The Morgan fingerprint density at radius 1 is 1.16 bits per heavy atom. The van der Waals surface area contributed by atoms with Gasteiger partial charge in [-0.2, -0.15) is 5.10 Å². The molecule has 0 spiro atoms. The van der Waals surface area contributed by atoms with Crippen LogP contribution in [0, 0.1) is 11.8 Å². The summed E-state index contributed by atoms with van der Waals surface area (Å²) in [5.74, 6) is 1.29. The van der Waals surface area contributed by atoms with Crippen LogP contribution in [-0.4, -0.2) is 37.5 Å². The standard InChI is InChI=1S/C18H30N4O3/c1-21-16(20-22(2)18(21)25)11-13-5-3-4-6-15(13)19-17(24)12-7-9-14(23)10-8-12/h12-15,23H,3-11H2,1-2H3,(H,19,24)/t12?,13-,14?,15-/m1/s1. The number of carbonyl (C=O) groups excluding carboxylic acids is 1. The predicted molar refractivity (Wildman–Crippen MR) is 94.0 cm³/mol. The van der Waals surface area contributed by atoms with Crippen molar-refractivity contribution in [2.75, 3.05) is 0 Å². The topological polar surface area (TPSA) is 89.2 Å². The second-order valence-corrected chi connectivity index (χ2v) is 7.75. The monoisotopic (exact) mass is 350 g/mol. The van der Waals surface area contributed by atoms with Crippen LogP contribution in [0.1, 0.15) is 57.2 Å². The maximum Gasteiger partial charge on any atom is 0.345 e. The molecule has 0 unspecified atom stereocenters. The van der Waals surface area contributed by atoms with Crippen LogP contribution < -0.4 is 11.0 Å². The van der Waals surface area contributed by atoms with Crippen molar-refractivity contribution < 1.29 is 9.90 Å². The van der Waals surface area contributed by atoms with Gasteiger partial charge in [0.15, 0.2) is 0 Å². The summed E-state index contributed by atoms with van der Waals surface area (Å²) in [6.07, 6.45) is 7.83. The molecule has 0 saturated heterocycles. The number of aliphatic hydroxyl groups is 1. The van der Waals surface area contributed by atoms with Crippen LogP contribution in [0.25, 0.3) is 0 Å². The number of aromatic nitrogens is 3. The lowest BCUT2D eigenvalue weighted by Crippen LogP contribution is -2.46. The molecule has 2 fully saturated rings. The number of carbonyl (C=O) groups is 1. The maximum absolute atomic E-state index is 12.6. The van der Waals surface area contributed by atoms with Crippen molar-refractivity contribution in [3.8, 4) is 0 Å². The third-order valence-electron chi connectivity index (χ3n) is 5.97. The third-order valence-corrected chi connectivity index (χ3v) is 5.97. The van der Waals surface area contributed by atoms with E-state index in [0.29, 0.717) is 5.92 Å². The second kappa shape index (κ2) is 7.72. The van der Waals surface area contributed by atoms with Crippen LogP contribution in [0.5, 0.6) is 0 Å². The minimum Gasteiger partial charge on any atom is -0.393 e. The highest BCUT2D eigenvalue weighted by molar-refractivity contribution is 5.79. The molecule has 0 bridgehead atoms. The van der Waals surface area contributed by atoms with Gasteiger partial charge in [-0.15, -0.1) is 0 Å². The van der Waals surface area contributed by atoms with Crippen LogP contribution in [-0.2, 0) is 25.3 Å². The lowest BCUT2D eigenvalue weighted by atomic mass is 9.81. The molecule has 0 radical (unpaired) electrons. The molecule has 0 aliphatic heterocycles. The average molecular weight is 350 g/mol. The molecule has 7 heteroatoms. The summed E-state index contributed by atoms with van der Waals surface area (Å²) in [5, 5.41) is 17.2. The molecule has 7 nitrogen and oxygen atoms in total. The number of amides is 1. The fourth-order valence-corrected chi connectivity index (χ4v) is 4.30. The Balaban J connectivity index is 1.63. The van der Waals surface area contributed by atoms with Crippen molar-refractivity contribution in [3.05, 3.63) is 16.3 Å². The van der Waals surface area contributed by atoms with E-state index in [0.717, 1.165) is 63.6 Å². The fourth-order valence-electron chi connectivity index (χ4n) is 4.30. The number of nitrogens with zero attached hydrogens (tertiary/aromatic N) is 3. The lowest BCUT2D eigenvalue weighted by molar-refractivity contribution is -0.127. The van der Waals surface area contributed by atoms with Gasteiger partial charge in [-0.3, -0.25) is 9.36 Å². The number of aliphatic hydroxyl groups excluding tert-OH is 1. The Morgan fingerprint density at radius 3 is 2.48 bits per heavy atom. The van der Waals surface area contributed by atoms with Crippen LogP contribution in [0.3, 0.4) is 0 Å². The van der Waals surface area contributed by atoms with Gasteiger partial charge in [0, 0.05) is 32.5 Å². The summed E-state index contributed by atoms with van der Waals surface area (Å²) in [7, 11) is 3.43. The van der Waals surface area contributed by atoms with Gasteiger partial charge in [0.1, 0.15) is 5.82 Å². The zero-order chi connectivity index (χ0) is 18.0. The highest BCUT2D eigenvalue weighted by Gasteiger charge is 2.31. The summed E-state index contributed by atoms with van der Waals surface area (Å²) < 4.78 is 2.98. The van der Waals surface area contributed by atoms with E-state index >= 15 is 0 Å². The van der Waals surface area contributed by atoms with Crippen LogP contribution >= 0.6 is 0 Å². The number of hydrogen-bond donors (Lipinski definition) is 2. The number of nitrogens with one attached hydrogen (secondary N) is 1. The van der Waals surface area contributed by atoms with Crippen molar-refractivity contribution in [1.29, 1.82) is 0 Å². The fraction of sp³-hybridized carbons (Fsp3) is 0.833. The Labute approximate surface area is 148 Å². The molecule has 2 N–H and O–H groups in total. The molecule has 1 heterocycles. The van der Waals surface area contributed by atoms with E-state index in [9.17, 15) is 14.7 Å². The van der Waals surface area contributed by atoms with E-state index < -0.39 is 0 Å². The normalized spacial score (nSPS) is 30.2. The van der Waals surface area contributed by atoms with E-state index in [1.807, 2.05) is 0 Å². The summed E-state index contributed by atoms with van der Waals surface area (Å²) in [4.78, 5) is 24.5. The highest BCUT2D eigenvalue weighted by atomic mass is 16.3. The van der Waals surface area contributed by atoms with Crippen molar-refractivity contribution in [1.82, 2.24) is 19.7 Å². The van der Waals surface area contributed by atoms with Crippen molar-refractivity contribution in [3.63, 3.8) is 0 Å². The number of aryl methyl sites for hydroxylation is 1. The van der Waals surface area contributed by atoms with Crippen molar-refractivity contribution >= 4 is 5.91 Å². The maximum atomic E-state index is 12.6. The van der Waals surface area contributed by atoms with Crippen LogP contribution in [0.4, 0.5) is 0 Å². The zero-order valence-electron chi connectivity index (χ0n) is 15.3. The smallest absolute Gasteiger partial charge is 0.345 e. The lowest BCUT2D eigenvalue weighted by Gasteiger charge is -2.34. The van der Waals surface area contributed by atoms with E-state index in [1.165, 1.54) is 4.68 Å². The Morgan fingerprint density at radius 2 is 1.84 bits per heavy atom. The molecule has 2 saturated carbocycles. The van der Waals surface area contributed by atoms with Crippen molar-refractivity contribution in [2.24, 2.45) is 25.9 Å². The summed E-state index contributed by atoms with van der Waals surface area (Å²) in [5.41, 5.74) is -0.104. The molecule has 25 heavy (non-hydrogen) atoms. The van der Waals surface area contributed by atoms with Gasteiger partial charge in [-0.1, -0.05) is 12.8 Å². The minimum absolute atomic E-state index is 0.0326. The highest BCUT2D eigenvalue weighted by Crippen LogP contribution is 2.29. The SMILES string of the molecule is Cn1nc(C[C@H]2CCCC[C@H]2NC(=O)C2CCC(O)CC2)n(C)c1=O. The van der Waals surface area contributed by atoms with Gasteiger partial charge in [-0.25, -0.2) is 9.48 Å². The predicted octanol–water partition coefficient (Wildman–Crippen LogP) is 0.887. The molecule has 0 aromatic carbocycles. The van der Waals surface area contributed by atoms with E-state index in [4.69, 9.17) is 0 Å². The Hall–Kier alpha value is -1.63. The first-order valence-corrected chi connectivity index (χ1v) is 9.53. The average Bonchev–Trinajstić information content (AvgIpc) is 2.84. The molecular weight excluding hydrogens is 320 g/mol. The quantitative estimate of drug-likeness (QED) is 0.844. The Kier molecular flexibility index (Phi) is 5.61. The van der Waals surface area contributed by atoms with Gasteiger partial charge < -0.3 is 10.4 Å². The number of rotatable bonds is 4. The van der Waals surface area contributed by atoms with Crippen LogP contribution in [0.15, 0.2) is 4.79 Å². The Bertz CT molecular complexity index is 658. The van der Waals surface area contributed by atoms with Gasteiger partial charge in [0.05, 0.1) is 6.10 Å². The van der Waals surface area contributed by atoms with Gasteiger partial charge in [-0.05, 0) is 44.4 Å². The second-order valence-electron chi connectivity index (χ2n) is 7.75. The third kappa shape index (κ3) is 4.14. The molecule has 1 aromatic rings. The van der Waals surface area contributed by atoms with Crippen molar-refractivity contribution in [2.45, 2.75) is 69.9 Å². The first kappa shape index (κ1) is 18.2. The van der Waals surface area contributed by atoms with Gasteiger partial charge >= 0.3 is 5.69 Å². The molecule has 1 amide bonds. The molecular formula is C18H30N4O3. The summed E-state index contributed by atoms with van der Waals surface area (Å²) in [6.45, 7) is 0. The molecule has 140 valence electrons. The molecule has 2 atom stereocenters. The summed E-state index contributed by atoms with van der Waals surface area (Å²) >= 11 is 0. The first-order chi connectivity index (χ1) is 12.0. The minimum atomic E-state index is -0.239. The van der Waals surface area contributed by atoms with E-state index in [2.05, 4.69) is 10.4 Å². The molecule has 2 aliphatic carbocycles. The first-order valence-electron chi connectivity index (χ1n) is 9.53. The van der Waals surface area contributed by atoms with E-state index in [1.54, 1.807) is 18.7 Å². The van der Waals surface area contributed by atoms with Crippen LogP contribution in [0.2, 0.25) is 0 Å². The van der Waals surface area contributed by atoms with E-state index in [-0.39, 0.29) is 29.7 Å². The molecule has 2 aliphatic rings. The summed E-state index contributed by atoms with van der Waals surface area (Å²) in [6, 6.07) is 0.158. The largest absolute Gasteiger partial charge is 0.393 e. The molecule has 3 rings (SSSR count). The number of hydrogen-bond acceptors (Lipinski definition) is 4.